The van der Waals surface area contributed by atoms with E-state index in [1.165, 1.54) is 8.52 Å². The van der Waals surface area contributed by atoms with E-state index >= 15 is 0 Å². The Kier molecular flexibility index (Phi) is 5.20. The quantitative estimate of drug-likeness (QED) is 0.312. The molecule has 0 bridgehead atoms. The van der Waals surface area contributed by atoms with Crippen LogP contribution in [0.4, 0.5) is 0 Å². The summed E-state index contributed by atoms with van der Waals surface area (Å²) in [4.78, 5) is 24.6. The second kappa shape index (κ2) is 7.56. The van der Waals surface area contributed by atoms with E-state index in [9.17, 15) is 9.59 Å². The van der Waals surface area contributed by atoms with Gasteiger partial charge in [-0.15, -0.1) is 0 Å². The topological polar surface area (TPSA) is 44.0 Å². The van der Waals surface area contributed by atoms with Crippen molar-refractivity contribution in [1.82, 2.24) is 7.12 Å². The van der Waals surface area contributed by atoms with E-state index in [4.69, 9.17) is 0 Å². The molecule has 0 atom stereocenters. The second-order valence-corrected chi connectivity index (χ2v) is 11.3. The number of hydrogen-bond donors (Lipinski definition) is 0. The molecule has 2 aromatic heterocycles. The van der Waals surface area contributed by atoms with Crippen LogP contribution in [0.5, 0.6) is 0 Å². The number of hydrogen-bond acceptors (Lipinski definition) is 3. The molecule has 0 saturated carbocycles. The van der Waals surface area contributed by atoms with Gasteiger partial charge in [0.25, 0.3) is 0 Å². The summed E-state index contributed by atoms with van der Waals surface area (Å²) < 4.78 is 6.33. The van der Waals surface area contributed by atoms with Gasteiger partial charge in [-0.3, -0.25) is 0 Å². The standard InChI is InChI=1S/C18H16N2O2SSe2/c21-17-13-5-1-3-7-15(13)24-19(17)9-11-23-12-10-20-18(22)14-6-2-4-8-16(14)25-20/h1-8H,9-12H2. The van der Waals surface area contributed by atoms with Crippen molar-refractivity contribution in [3.8, 4) is 0 Å². The molecule has 2 aromatic carbocycles. The Hall–Kier alpha value is -1.23. The van der Waals surface area contributed by atoms with Crippen LogP contribution >= 0.6 is 11.8 Å². The molecule has 128 valence electrons. The second-order valence-electron chi connectivity index (χ2n) is 5.60. The van der Waals surface area contributed by atoms with Crippen molar-refractivity contribution in [3.63, 3.8) is 0 Å². The average Bonchev–Trinajstić information content (AvgIpc) is 3.13. The fourth-order valence-electron chi connectivity index (χ4n) is 2.73. The molecule has 4 nitrogen and oxygen atoms in total. The molecule has 4 aromatic rings. The zero-order chi connectivity index (χ0) is 17.2. The number of aromatic nitrogens is 2. The Labute approximate surface area is 161 Å². The van der Waals surface area contributed by atoms with Crippen LogP contribution in [-0.4, -0.2) is 48.1 Å². The minimum atomic E-state index is 0.115. The number of rotatable bonds is 6. The van der Waals surface area contributed by atoms with Crippen LogP contribution in [0, 0.1) is 0 Å². The van der Waals surface area contributed by atoms with Gasteiger partial charge in [-0.05, 0) is 0 Å². The third-order valence-corrected chi connectivity index (χ3v) is 9.63. The van der Waals surface area contributed by atoms with Crippen LogP contribution in [0.3, 0.4) is 0 Å². The fraction of sp³-hybridized carbons (Fsp3) is 0.222. The number of benzene rings is 2. The molecule has 7 heteroatoms. The molecular formula is C18H16N2O2SSe2. The molecule has 0 N–H and O–H groups in total. The summed E-state index contributed by atoms with van der Waals surface area (Å²) in [6.07, 6.45) is 0. The molecular weight excluding hydrogens is 466 g/mol. The molecule has 25 heavy (non-hydrogen) atoms. The zero-order valence-electron chi connectivity index (χ0n) is 13.4. The van der Waals surface area contributed by atoms with E-state index in [-0.39, 0.29) is 40.6 Å². The van der Waals surface area contributed by atoms with Crippen LogP contribution in [0.2, 0.25) is 0 Å². The first-order chi connectivity index (χ1) is 12.2. The SMILES string of the molecule is O=c1c2ccccc2[se]n1CCSCCn1[se]c2ccccc2c1=O. The van der Waals surface area contributed by atoms with Crippen molar-refractivity contribution in [1.29, 1.82) is 0 Å². The minimum absolute atomic E-state index is 0.115. The van der Waals surface area contributed by atoms with Crippen molar-refractivity contribution < 1.29 is 0 Å². The first kappa shape index (κ1) is 17.2. The predicted molar refractivity (Wildman–Crippen MR) is 108 cm³/mol. The number of aryl methyl sites for hydroxylation is 2. The van der Waals surface area contributed by atoms with Crippen LogP contribution < -0.4 is 11.1 Å². The van der Waals surface area contributed by atoms with E-state index in [0.717, 1.165) is 35.4 Å². The number of nitrogens with zero attached hydrogens (tertiary/aromatic N) is 2. The third kappa shape index (κ3) is 3.53. The Morgan fingerprint density at radius 1 is 0.720 bits per heavy atom. The Balaban J connectivity index is 1.35. The predicted octanol–water partition coefficient (Wildman–Crippen LogP) is 1.86. The molecule has 0 aliphatic heterocycles. The summed E-state index contributed by atoms with van der Waals surface area (Å²) in [7, 11) is 0. The average molecular weight is 482 g/mol. The van der Waals surface area contributed by atoms with E-state index in [1.54, 1.807) is 0 Å². The molecule has 0 fully saturated rings. The summed E-state index contributed by atoms with van der Waals surface area (Å²) in [6, 6.07) is 15.8. The molecule has 2 heterocycles. The van der Waals surface area contributed by atoms with Crippen LogP contribution in [0.25, 0.3) is 19.3 Å². The Morgan fingerprint density at radius 3 is 1.60 bits per heavy atom. The van der Waals surface area contributed by atoms with Gasteiger partial charge in [-0.1, -0.05) is 0 Å². The van der Waals surface area contributed by atoms with Gasteiger partial charge in [0.15, 0.2) is 0 Å². The molecule has 0 aliphatic rings. The van der Waals surface area contributed by atoms with E-state index in [1.807, 2.05) is 55.3 Å². The maximum absolute atomic E-state index is 12.3. The molecule has 0 aliphatic carbocycles. The molecule has 4 rings (SSSR count). The van der Waals surface area contributed by atoms with Crippen molar-refractivity contribution in [2.75, 3.05) is 11.5 Å². The van der Waals surface area contributed by atoms with Gasteiger partial charge in [0.05, 0.1) is 0 Å². The van der Waals surface area contributed by atoms with Gasteiger partial charge in [0.1, 0.15) is 0 Å². The van der Waals surface area contributed by atoms with E-state index < -0.39 is 0 Å². The van der Waals surface area contributed by atoms with Crippen molar-refractivity contribution >= 4 is 60.5 Å². The zero-order valence-corrected chi connectivity index (χ0v) is 17.6. The molecule has 0 amide bonds. The van der Waals surface area contributed by atoms with Gasteiger partial charge >= 0.3 is 161 Å². The summed E-state index contributed by atoms with van der Waals surface area (Å²) in [5.74, 6) is 1.84. The summed E-state index contributed by atoms with van der Waals surface area (Å²) in [5, 5.41) is 1.74. The maximum atomic E-state index is 12.3. The summed E-state index contributed by atoms with van der Waals surface area (Å²) >= 11 is 2.05. The van der Waals surface area contributed by atoms with Crippen molar-refractivity contribution in [2.24, 2.45) is 0 Å². The van der Waals surface area contributed by atoms with Crippen LogP contribution in [0.1, 0.15) is 0 Å². The normalized spacial score (nSPS) is 11.5. The molecule has 0 unspecified atom stereocenters. The summed E-state index contributed by atoms with van der Waals surface area (Å²) in [6.45, 7) is 1.58. The first-order valence-corrected chi connectivity index (χ1v) is 12.4. The third-order valence-electron chi connectivity index (χ3n) is 3.98. The van der Waals surface area contributed by atoms with Crippen molar-refractivity contribution in [2.45, 2.75) is 13.1 Å². The van der Waals surface area contributed by atoms with Gasteiger partial charge in [0, 0.05) is 0 Å². The van der Waals surface area contributed by atoms with E-state index in [2.05, 4.69) is 12.1 Å². The van der Waals surface area contributed by atoms with E-state index in [0.29, 0.717) is 0 Å². The van der Waals surface area contributed by atoms with Gasteiger partial charge in [-0.25, -0.2) is 0 Å². The number of fused-ring (bicyclic) bond motifs is 2. The van der Waals surface area contributed by atoms with Crippen molar-refractivity contribution in [3.05, 3.63) is 69.2 Å². The number of thioether (sulfide) groups is 1. The van der Waals surface area contributed by atoms with Crippen LogP contribution in [-0.2, 0) is 13.1 Å². The first-order valence-electron chi connectivity index (χ1n) is 7.99. The molecule has 0 spiro atoms. The summed E-state index contributed by atoms with van der Waals surface area (Å²) in [5.41, 5.74) is 0.342. The Morgan fingerprint density at radius 2 is 1.16 bits per heavy atom. The molecule has 0 radical (unpaired) electrons. The van der Waals surface area contributed by atoms with Gasteiger partial charge in [0.2, 0.25) is 0 Å². The van der Waals surface area contributed by atoms with Gasteiger partial charge < -0.3 is 0 Å². The van der Waals surface area contributed by atoms with Gasteiger partial charge in [-0.2, -0.15) is 0 Å². The molecule has 0 saturated heterocycles. The van der Waals surface area contributed by atoms with Crippen LogP contribution in [0.15, 0.2) is 58.1 Å². The monoisotopic (exact) mass is 484 g/mol. The fourth-order valence-corrected chi connectivity index (χ4v) is 8.25. The Bertz CT molecular complexity index is 1050.